The minimum Gasteiger partial charge on any atom is -0.481 e. The molecule has 0 heterocycles. The van der Waals surface area contributed by atoms with Crippen LogP contribution < -0.4 is 0 Å². The molecule has 4 heteroatoms. The summed E-state index contributed by atoms with van der Waals surface area (Å²) in [6.45, 7) is 1.85. The Morgan fingerprint density at radius 3 is 2.23 bits per heavy atom. The molecular formula is C18H32O4. The van der Waals surface area contributed by atoms with Gasteiger partial charge in [0.15, 0.2) is 0 Å². The number of hydrogen-bond acceptors (Lipinski definition) is 3. The number of carboxylic acids is 1. The smallest absolute Gasteiger partial charge is 0.303 e. The van der Waals surface area contributed by atoms with Crippen molar-refractivity contribution >= 4 is 5.97 Å². The third kappa shape index (κ3) is 13.8. The van der Waals surface area contributed by atoms with Crippen molar-refractivity contribution in [2.45, 2.75) is 83.3 Å². The maximum Gasteiger partial charge on any atom is 0.303 e. The summed E-state index contributed by atoms with van der Waals surface area (Å²) in [4.78, 5) is 10.3. The quantitative estimate of drug-likeness (QED) is 0.336. The van der Waals surface area contributed by atoms with Gasteiger partial charge in [0.2, 0.25) is 0 Å². The van der Waals surface area contributed by atoms with Gasteiger partial charge >= 0.3 is 5.97 Å². The molecule has 0 amide bonds. The number of aliphatic carboxylic acids is 1. The normalized spacial score (nSPS) is 14.7. The average molecular weight is 312 g/mol. The lowest BCUT2D eigenvalue weighted by Gasteiger charge is -2.13. The maximum absolute atomic E-state index is 10.3. The van der Waals surface area contributed by atoms with Gasteiger partial charge in [-0.25, -0.2) is 0 Å². The highest BCUT2D eigenvalue weighted by Gasteiger charge is 2.11. The zero-order chi connectivity index (χ0) is 16.6. The first kappa shape index (κ1) is 20.9. The number of rotatable bonds is 14. The van der Waals surface area contributed by atoms with Crippen molar-refractivity contribution < 1.29 is 20.1 Å². The van der Waals surface area contributed by atoms with Crippen molar-refractivity contribution in [2.24, 2.45) is 0 Å². The summed E-state index contributed by atoms with van der Waals surface area (Å²) in [7, 11) is 0. The molecule has 128 valence electrons. The van der Waals surface area contributed by atoms with Gasteiger partial charge in [-0.15, -0.1) is 0 Å². The number of aliphatic hydroxyl groups excluding tert-OH is 2. The molecule has 0 aliphatic carbocycles. The molecule has 0 aromatic heterocycles. The van der Waals surface area contributed by atoms with Crippen LogP contribution in [0.5, 0.6) is 0 Å². The predicted molar refractivity (Wildman–Crippen MR) is 89.8 cm³/mol. The molecule has 2 atom stereocenters. The minimum atomic E-state index is -0.701. The third-order valence-corrected chi connectivity index (χ3v) is 3.61. The summed E-state index contributed by atoms with van der Waals surface area (Å²) >= 11 is 0. The van der Waals surface area contributed by atoms with E-state index in [1.165, 1.54) is 0 Å². The zero-order valence-electron chi connectivity index (χ0n) is 13.8. The van der Waals surface area contributed by atoms with Crippen LogP contribution in [0.1, 0.15) is 71.1 Å². The summed E-state index contributed by atoms with van der Waals surface area (Å²) in [6.07, 6.45) is 15.4. The van der Waals surface area contributed by atoms with Crippen molar-refractivity contribution in [1.29, 1.82) is 0 Å². The molecule has 0 aliphatic rings. The molecular weight excluding hydrogens is 280 g/mol. The molecule has 0 unspecified atom stereocenters. The Kier molecular flexibility index (Phi) is 14.0. The highest BCUT2D eigenvalue weighted by molar-refractivity contribution is 5.66. The second kappa shape index (κ2) is 14.8. The van der Waals surface area contributed by atoms with Crippen LogP contribution in [0.4, 0.5) is 0 Å². The predicted octanol–water partition coefficient (Wildman–Crippen LogP) is 3.83. The van der Waals surface area contributed by atoms with E-state index in [2.05, 4.69) is 12.2 Å². The summed E-state index contributed by atoms with van der Waals surface area (Å²) in [5.74, 6) is -0.701. The Balaban J connectivity index is 3.39. The molecule has 22 heavy (non-hydrogen) atoms. The Morgan fingerprint density at radius 1 is 0.909 bits per heavy atom. The molecule has 0 fully saturated rings. The molecule has 3 N–H and O–H groups in total. The van der Waals surface area contributed by atoms with E-state index in [4.69, 9.17) is 5.11 Å². The van der Waals surface area contributed by atoms with Crippen LogP contribution in [-0.2, 0) is 4.79 Å². The highest BCUT2D eigenvalue weighted by atomic mass is 16.4. The lowest BCUT2D eigenvalue weighted by atomic mass is 10.1. The van der Waals surface area contributed by atoms with Crippen molar-refractivity contribution in [3.05, 3.63) is 24.3 Å². The van der Waals surface area contributed by atoms with Crippen molar-refractivity contribution in [3.63, 3.8) is 0 Å². The molecule has 0 spiro atoms. The van der Waals surface area contributed by atoms with Gasteiger partial charge in [0.05, 0.1) is 12.2 Å². The average Bonchev–Trinajstić information content (AvgIpc) is 2.50. The lowest BCUT2D eigenvalue weighted by molar-refractivity contribution is -0.137. The number of carboxylic acid groups (broad SMARTS) is 1. The molecule has 0 aromatic rings. The molecule has 0 rings (SSSR count). The first-order chi connectivity index (χ1) is 10.6. The Labute approximate surface area is 134 Å². The summed E-state index contributed by atoms with van der Waals surface area (Å²) in [5, 5.41) is 27.5. The zero-order valence-corrected chi connectivity index (χ0v) is 13.8. The number of allylic oxidation sites excluding steroid dienone is 3. The van der Waals surface area contributed by atoms with Crippen molar-refractivity contribution in [3.8, 4) is 0 Å². The third-order valence-electron chi connectivity index (χ3n) is 3.61. The van der Waals surface area contributed by atoms with Crippen LogP contribution >= 0.6 is 0 Å². The Hall–Kier alpha value is -1.13. The fourth-order valence-corrected chi connectivity index (χ4v) is 2.12. The van der Waals surface area contributed by atoms with E-state index in [-0.39, 0.29) is 6.42 Å². The number of hydrogen-bond donors (Lipinski definition) is 3. The molecule has 0 aromatic carbocycles. The van der Waals surface area contributed by atoms with Crippen LogP contribution in [0.25, 0.3) is 0 Å². The van der Waals surface area contributed by atoms with Gasteiger partial charge in [0.25, 0.3) is 0 Å². The first-order valence-corrected chi connectivity index (χ1v) is 8.45. The van der Waals surface area contributed by atoms with Gasteiger partial charge in [0, 0.05) is 6.42 Å². The number of unbranched alkanes of at least 4 members (excludes halogenated alkanes) is 5. The maximum atomic E-state index is 10.3. The van der Waals surface area contributed by atoms with Gasteiger partial charge in [-0.2, -0.15) is 0 Å². The van der Waals surface area contributed by atoms with E-state index in [0.717, 1.165) is 44.9 Å². The van der Waals surface area contributed by atoms with Crippen LogP contribution in [0.2, 0.25) is 0 Å². The SMILES string of the molecule is CC[C@H](O)[C@@H](O)C/C=C\C/C=C\CCCCCCCC(=O)O. The van der Waals surface area contributed by atoms with Crippen molar-refractivity contribution in [2.75, 3.05) is 0 Å². The van der Waals surface area contributed by atoms with Crippen LogP contribution in [0, 0.1) is 0 Å². The molecule has 0 saturated heterocycles. The van der Waals surface area contributed by atoms with Crippen LogP contribution in [0.3, 0.4) is 0 Å². The fraction of sp³-hybridized carbons (Fsp3) is 0.722. The summed E-state index contributed by atoms with van der Waals surface area (Å²) < 4.78 is 0. The first-order valence-electron chi connectivity index (χ1n) is 8.45. The number of carbonyl (C=O) groups is 1. The van der Waals surface area contributed by atoms with E-state index in [1.807, 2.05) is 19.1 Å². The second-order valence-corrected chi connectivity index (χ2v) is 5.66. The van der Waals surface area contributed by atoms with Crippen LogP contribution in [0.15, 0.2) is 24.3 Å². The molecule has 0 aliphatic heterocycles. The lowest BCUT2D eigenvalue weighted by Crippen LogP contribution is -2.23. The van der Waals surface area contributed by atoms with Gasteiger partial charge in [-0.3, -0.25) is 4.79 Å². The fourth-order valence-electron chi connectivity index (χ4n) is 2.12. The van der Waals surface area contributed by atoms with E-state index in [9.17, 15) is 15.0 Å². The summed E-state index contributed by atoms with van der Waals surface area (Å²) in [6, 6.07) is 0. The van der Waals surface area contributed by atoms with E-state index >= 15 is 0 Å². The largest absolute Gasteiger partial charge is 0.481 e. The van der Waals surface area contributed by atoms with Gasteiger partial charge in [0.1, 0.15) is 0 Å². The van der Waals surface area contributed by atoms with Gasteiger partial charge < -0.3 is 15.3 Å². The highest BCUT2D eigenvalue weighted by Crippen LogP contribution is 2.08. The van der Waals surface area contributed by atoms with Crippen molar-refractivity contribution in [1.82, 2.24) is 0 Å². The van der Waals surface area contributed by atoms with Gasteiger partial charge in [-0.05, 0) is 38.5 Å². The molecule has 0 saturated carbocycles. The topological polar surface area (TPSA) is 77.8 Å². The standard InChI is InChI=1S/C18H32O4/c1-2-16(19)17(20)14-12-10-8-6-4-3-5-7-9-11-13-15-18(21)22/h4,6,10,12,16-17,19-20H,2-3,5,7-9,11,13-15H2,1H3,(H,21,22)/b6-4-,12-10-/t16-,17-/m0/s1. The van der Waals surface area contributed by atoms with E-state index < -0.39 is 18.2 Å². The van der Waals surface area contributed by atoms with E-state index in [0.29, 0.717) is 12.8 Å². The number of aliphatic hydroxyl groups is 2. The second-order valence-electron chi connectivity index (χ2n) is 5.66. The minimum absolute atomic E-state index is 0.288. The molecule has 0 bridgehead atoms. The van der Waals surface area contributed by atoms with Gasteiger partial charge in [-0.1, -0.05) is 50.5 Å². The summed E-state index contributed by atoms with van der Waals surface area (Å²) in [5.41, 5.74) is 0. The van der Waals surface area contributed by atoms with E-state index in [1.54, 1.807) is 0 Å². The molecule has 0 radical (unpaired) electrons. The molecule has 4 nitrogen and oxygen atoms in total. The Bertz CT molecular complexity index is 323. The monoisotopic (exact) mass is 312 g/mol. The Morgan fingerprint density at radius 2 is 1.55 bits per heavy atom. The van der Waals surface area contributed by atoms with Crippen LogP contribution in [-0.4, -0.2) is 33.5 Å².